The third-order valence-corrected chi connectivity index (χ3v) is 4.62. The SMILES string of the molecule is CNC(Cc1cnn(C)c1)c1cc2cc(F)ccc2s1. The Morgan fingerprint density at radius 3 is 2.95 bits per heavy atom. The largest absolute Gasteiger partial charge is 0.312 e. The Morgan fingerprint density at radius 1 is 1.40 bits per heavy atom. The number of rotatable bonds is 4. The lowest BCUT2D eigenvalue weighted by molar-refractivity contribution is 0.602. The maximum absolute atomic E-state index is 13.3. The molecule has 0 bridgehead atoms. The number of halogens is 1. The Morgan fingerprint density at radius 2 is 2.25 bits per heavy atom. The van der Waals surface area contributed by atoms with Crippen LogP contribution in [0.15, 0.2) is 36.7 Å². The molecule has 0 aliphatic heterocycles. The van der Waals surface area contributed by atoms with Gasteiger partial charge >= 0.3 is 0 Å². The number of hydrogen-bond donors (Lipinski definition) is 1. The van der Waals surface area contributed by atoms with Crippen LogP contribution in [-0.4, -0.2) is 16.8 Å². The van der Waals surface area contributed by atoms with Crippen LogP contribution in [0, 0.1) is 5.82 Å². The van der Waals surface area contributed by atoms with E-state index in [0.29, 0.717) is 0 Å². The van der Waals surface area contributed by atoms with Gasteiger partial charge in [-0.1, -0.05) is 0 Å². The highest BCUT2D eigenvalue weighted by molar-refractivity contribution is 7.19. The van der Waals surface area contributed by atoms with Crippen molar-refractivity contribution in [1.82, 2.24) is 15.1 Å². The summed E-state index contributed by atoms with van der Waals surface area (Å²) in [7, 11) is 3.87. The van der Waals surface area contributed by atoms with Crippen LogP contribution in [0.2, 0.25) is 0 Å². The van der Waals surface area contributed by atoms with Gasteiger partial charge in [0.05, 0.1) is 6.20 Å². The second-order valence-corrected chi connectivity index (χ2v) is 6.01. The van der Waals surface area contributed by atoms with Gasteiger partial charge in [-0.3, -0.25) is 4.68 Å². The van der Waals surface area contributed by atoms with Gasteiger partial charge in [0.25, 0.3) is 0 Å². The highest BCUT2D eigenvalue weighted by atomic mass is 32.1. The highest BCUT2D eigenvalue weighted by Crippen LogP contribution is 2.31. The Hall–Kier alpha value is -1.72. The number of thiophene rings is 1. The van der Waals surface area contributed by atoms with Gasteiger partial charge in [-0.15, -0.1) is 11.3 Å². The molecule has 0 radical (unpaired) electrons. The molecule has 1 aromatic carbocycles. The molecular formula is C15H16FN3S. The Kier molecular flexibility index (Phi) is 3.54. The fraction of sp³-hybridized carbons (Fsp3) is 0.267. The second-order valence-electron chi connectivity index (χ2n) is 4.90. The third kappa shape index (κ3) is 2.59. The van der Waals surface area contributed by atoms with Crippen molar-refractivity contribution in [2.24, 2.45) is 7.05 Å². The number of benzene rings is 1. The minimum atomic E-state index is -0.185. The van der Waals surface area contributed by atoms with Gasteiger partial charge in [-0.25, -0.2) is 4.39 Å². The molecule has 3 rings (SSSR count). The van der Waals surface area contributed by atoms with Crippen molar-refractivity contribution in [1.29, 1.82) is 0 Å². The van der Waals surface area contributed by atoms with Gasteiger partial charge in [0.1, 0.15) is 5.82 Å². The molecule has 0 fully saturated rings. The van der Waals surface area contributed by atoms with Crippen molar-refractivity contribution in [2.75, 3.05) is 7.05 Å². The Labute approximate surface area is 121 Å². The molecule has 20 heavy (non-hydrogen) atoms. The maximum atomic E-state index is 13.3. The van der Waals surface area contributed by atoms with Crippen LogP contribution in [-0.2, 0) is 13.5 Å². The van der Waals surface area contributed by atoms with Gasteiger partial charge in [0, 0.05) is 28.9 Å². The fourth-order valence-corrected chi connectivity index (χ4v) is 3.52. The molecule has 0 saturated carbocycles. The van der Waals surface area contributed by atoms with Crippen molar-refractivity contribution in [3.63, 3.8) is 0 Å². The van der Waals surface area contributed by atoms with Gasteiger partial charge in [0.2, 0.25) is 0 Å². The number of nitrogens with zero attached hydrogens (tertiary/aromatic N) is 2. The van der Waals surface area contributed by atoms with Gasteiger partial charge in [-0.05, 0) is 48.7 Å². The standard InChI is InChI=1S/C15H16FN3S/c1-17-13(5-10-8-18-19(2)9-10)15-7-11-6-12(16)3-4-14(11)20-15/h3-4,6-9,13,17H,5H2,1-2H3. The molecule has 0 amide bonds. The molecule has 5 heteroatoms. The van der Waals surface area contributed by atoms with Crippen LogP contribution < -0.4 is 5.32 Å². The summed E-state index contributed by atoms with van der Waals surface area (Å²) in [6.07, 6.45) is 4.79. The van der Waals surface area contributed by atoms with Gasteiger partial charge in [0.15, 0.2) is 0 Å². The number of nitrogens with one attached hydrogen (secondary N) is 1. The molecular weight excluding hydrogens is 273 g/mol. The molecule has 2 heterocycles. The lowest BCUT2D eigenvalue weighted by atomic mass is 10.1. The fourth-order valence-electron chi connectivity index (χ4n) is 2.36. The maximum Gasteiger partial charge on any atom is 0.123 e. The van der Waals surface area contributed by atoms with E-state index in [1.165, 1.54) is 16.5 Å². The zero-order valence-corrected chi connectivity index (χ0v) is 12.2. The van der Waals surface area contributed by atoms with Crippen LogP contribution in [0.4, 0.5) is 4.39 Å². The average Bonchev–Trinajstić information content (AvgIpc) is 3.01. The molecule has 1 atom stereocenters. The van der Waals surface area contributed by atoms with Crippen molar-refractivity contribution < 1.29 is 4.39 Å². The highest BCUT2D eigenvalue weighted by Gasteiger charge is 2.14. The number of likely N-dealkylation sites (N-methyl/N-ethyl adjacent to an activating group) is 1. The number of aromatic nitrogens is 2. The van der Waals surface area contributed by atoms with Crippen LogP contribution in [0.1, 0.15) is 16.5 Å². The van der Waals surface area contributed by atoms with E-state index in [-0.39, 0.29) is 11.9 Å². The summed E-state index contributed by atoms with van der Waals surface area (Å²) in [5.41, 5.74) is 1.19. The van der Waals surface area contributed by atoms with E-state index >= 15 is 0 Å². The van der Waals surface area contributed by atoms with E-state index in [9.17, 15) is 4.39 Å². The van der Waals surface area contributed by atoms with Crippen LogP contribution in [0.25, 0.3) is 10.1 Å². The van der Waals surface area contributed by atoms with Crippen molar-refractivity contribution in [2.45, 2.75) is 12.5 Å². The molecule has 104 valence electrons. The average molecular weight is 289 g/mol. The zero-order chi connectivity index (χ0) is 14.1. The molecule has 1 unspecified atom stereocenters. The second kappa shape index (κ2) is 5.34. The van der Waals surface area contributed by atoms with E-state index in [4.69, 9.17) is 0 Å². The zero-order valence-electron chi connectivity index (χ0n) is 11.4. The summed E-state index contributed by atoms with van der Waals surface area (Å²) >= 11 is 1.71. The minimum Gasteiger partial charge on any atom is -0.312 e. The quantitative estimate of drug-likeness (QED) is 0.799. The summed E-state index contributed by atoms with van der Waals surface area (Å²) in [5, 5.41) is 8.49. The van der Waals surface area contributed by atoms with Gasteiger partial charge < -0.3 is 5.32 Å². The summed E-state index contributed by atoms with van der Waals surface area (Å²) in [4.78, 5) is 1.22. The predicted octanol–water partition coefficient (Wildman–Crippen LogP) is 3.28. The summed E-state index contributed by atoms with van der Waals surface area (Å²) in [6.45, 7) is 0. The molecule has 3 aromatic rings. The predicted molar refractivity (Wildman–Crippen MR) is 80.5 cm³/mol. The summed E-state index contributed by atoms with van der Waals surface area (Å²) < 4.78 is 16.2. The summed E-state index contributed by atoms with van der Waals surface area (Å²) in [5.74, 6) is -0.185. The normalized spacial score (nSPS) is 12.9. The molecule has 0 aliphatic carbocycles. The number of aryl methyl sites for hydroxylation is 1. The van der Waals surface area contributed by atoms with Crippen molar-refractivity contribution >= 4 is 21.4 Å². The molecule has 0 spiro atoms. The monoisotopic (exact) mass is 289 g/mol. The first-order valence-electron chi connectivity index (χ1n) is 6.49. The lowest BCUT2D eigenvalue weighted by Crippen LogP contribution is -2.17. The number of hydrogen-bond acceptors (Lipinski definition) is 3. The van der Waals surface area contributed by atoms with E-state index in [1.807, 2.05) is 37.2 Å². The van der Waals surface area contributed by atoms with E-state index < -0.39 is 0 Å². The van der Waals surface area contributed by atoms with E-state index in [2.05, 4.69) is 16.5 Å². The molecule has 0 saturated heterocycles. The minimum absolute atomic E-state index is 0.185. The number of fused-ring (bicyclic) bond motifs is 1. The van der Waals surface area contributed by atoms with E-state index in [1.54, 1.807) is 17.4 Å². The molecule has 3 nitrogen and oxygen atoms in total. The molecule has 2 aromatic heterocycles. The first-order chi connectivity index (χ1) is 9.65. The van der Waals surface area contributed by atoms with Crippen LogP contribution in [0.5, 0.6) is 0 Å². The molecule has 1 N–H and O–H groups in total. The lowest BCUT2D eigenvalue weighted by Gasteiger charge is -2.12. The van der Waals surface area contributed by atoms with E-state index in [0.717, 1.165) is 16.5 Å². The smallest absolute Gasteiger partial charge is 0.123 e. The summed E-state index contributed by atoms with van der Waals surface area (Å²) in [6, 6.07) is 7.24. The molecule has 0 aliphatic rings. The first-order valence-corrected chi connectivity index (χ1v) is 7.31. The topological polar surface area (TPSA) is 29.9 Å². The van der Waals surface area contributed by atoms with Crippen molar-refractivity contribution in [3.05, 3.63) is 52.9 Å². The van der Waals surface area contributed by atoms with Crippen LogP contribution in [0.3, 0.4) is 0 Å². The first kappa shape index (κ1) is 13.3. The Bertz CT molecular complexity index is 732. The van der Waals surface area contributed by atoms with Crippen molar-refractivity contribution in [3.8, 4) is 0 Å². The van der Waals surface area contributed by atoms with Gasteiger partial charge in [-0.2, -0.15) is 5.10 Å². The Balaban J connectivity index is 1.90. The third-order valence-electron chi connectivity index (χ3n) is 3.39. The van der Waals surface area contributed by atoms with Crippen LogP contribution >= 0.6 is 11.3 Å².